The van der Waals surface area contributed by atoms with Crippen LogP contribution in [-0.4, -0.2) is 55.3 Å². The van der Waals surface area contributed by atoms with E-state index in [0.29, 0.717) is 5.39 Å². The molecule has 1 aromatic heterocycles. The molecule has 0 radical (unpaired) electrons. The minimum absolute atomic E-state index is 0.156. The molecule has 3 aromatic rings. The number of aromatic nitrogens is 1. The van der Waals surface area contributed by atoms with Gasteiger partial charge >= 0.3 is 198 Å². The van der Waals surface area contributed by atoms with Crippen LogP contribution in [0.3, 0.4) is 0 Å². The predicted octanol–water partition coefficient (Wildman–Crippen LogP) is 1.66. The van der Waals surface area contributed by atoms with Crippen LogP contribution in [0.5, 0.6) is 0 Å². The van der Waals surface area contributed by atoms with E-state index >= 15 is 0 Å². The van der Waals surface area contributed by atoms with Gasteiger partial charge in [-0.15, -0.1) is 0 Å². The number of nitrogens with zero attached hydrogens (tertiary/aromatic N) is 1. The molecule has 0 unspecified atom stereocenters. The number of ether oxygens (including phenoxy) is 1. The second-order valence-corrected chi connectivity index (χ2v) is 10.5. The fourth-order valence-electron chi connectivity index (χ4n) is 3.70. The molecule has 0 spiro atoms. The first kappa shape index (κ1) is 25.5. The number of hydrogen-bond donors (Lipinski definition) is 2. The van der Waals surface area contributed by atoms with Crippen molar-refractivity contribution in [2.45, 2.75) is 45.3 Å². The molecule has 0 aliphatic carbocycles. The molecule has 0 aliphatic rings. The van der Waals surface area contributed by atoms with Gasteiger partial charge in [-0.2, -0.15) is 0 Å². The number of rotatable bonds is 9. The summed E-state index contributed by atoms with van der Waals surface area (Å²) >= 11 is -0.322. The van der Waals surface area contributed by atoms with Crippen LogP contribution in [0.25, 0.3) is 9.65 Å². The zero-order chi connectivity index (χ0) is 24.8. The van der Waals surface area contributed by atoms with Crippen LogP contribution < -0.4 is 16.2 Å². The number of methoxy groups -OCH3 is 1. The number of fused-ring (bicyclic) bond motifs is 1. The summed E-state index contributed by atoms with van der Waals surface area (Å²) in [6.07, 6.45) is 0.262. The van der Waals surface area contributed by atoms with Crippen LogP contribution in [0, 0.1) is 5.92 Å². The molecule has 180 valence electrons. The Morgan fingerprint density at radius 2 is 1.59 bits per heavy atom. The third-order valence-corrected chi connectivity index (χ3v) is 7.90. The molecule has 2 amide bonds. The molecule has 8 nitrogen and oxygen atoms in total. The van der Waals surface area contributed by atoms with Gasteiger partial charge in [0.25, 0.3) is 0 Å². The second-order valence-electron chi connectivity index (χ2n) is 8.41. The van der Waals surface area contributed by atoms with Crippen molar-refractivity contribution in [3.8, 4) is 0 Å². The number of esters is 1. The summed E-state index contributed by atoms with van der Waals surface area (Å²) in [6.45, 7) is 5.29. The van der Waals surface area contributed by atoms with Crippen molar-refractivity contribution < 1.29 is 19.1 Å². The SMILES string of the molecule is COC(=O)[C@H](Cc1ccccc1)NC(=O)[C@H](C)NC(=O)[C@H](C(C)C)n1[se]c2ccccc2c1=O. The molecule has 3 rings (SSSR count). The van der Waals surface area contributed by atoms with Crippen LogP contribution in [0.15, 0.2) is 59.4 Å². The molecule has 0 aliphatic heterocycles. The first-order valence-electron chi connectivity index (χ1n) is 11.1. The quantitative estimate of drug-likeness (QED) is 0.324. The van der Waals surface area contributed by atoms with Gasteiger partial charge < -0.3 is 0 Å². The Morgan fingerprint density at radius 3 is 2.21 bits per heavy atom. The van der Waals surface area contributed by atoms with Crippen molar-refractivity contribution in [2.24, 2.45) is 5.92 Å². The Balaban J connectivity index is 1.73. The Morgan fingerprint density at radius 1 is 0.941 bits per heavy atom. The van der Waals surface area contributed by atoms with Gasteiger partial charge in [-0.25, -0.2) is 0 Å². The van der Waals surface area contributed by atoms with E-state index in [1.165, 1.54) is 7.11 Å². The summed E-state index contributed by atoms with van der Waals surface area (Å²) in [6, 6.07) is 14.1. The van der Waals surface area contributed by atoms with Crippen molar-refractivity contribution in [3.05, 3.63) is 70.5 Å². The third-order valence-electron chi connectivity index (χ3n) is 5.50. The Labute approximate surface area is 204 Å². The summed E-state index contributed by atoms with van der Waals surface area (Å²) in [5.74, 6) is -1.64. The fourth-order valence-corrected chi connectivity index (χ4v) is 6.30. The van der Waals surface area contributed by atoms with Gasteiger partial charge in [0.05, 0.1) is 0 Å². The van der Waals surface area contributed by atoms with E-state index in [4.69, 9.17) is 4.74 Å². The predicted molar refractivity (Wildman–Crippen MR) is 131 cm³/mol. The van der Waals surface area contributed by atoms with E-state index < -0.39 is 35.9 Å². The third kappa shape index (κ3) is 5.84. The molecule has 3 atom stereocenters. The van der Waals surface area contributed by atoms with Crippen LogP contribution in [0.2, 0.25) is 0 Å². The first-order valence-corrected chi connectivity index (χ1v) is 12.7. The van der Waals surface area contributed by atoms with E-state index in [9.17, 15) is 19.2 Å². The topological polar surface area (TPSA) is 106 Å². The van der Waals surface area contributed by atoms with Gasteiger partial charge in [0, 0.05) is 0 Å². The van der Waals surface area contributed by atoms with E-state index in [1.54, 1.807) is 22.6 Å². The van der Waals surface area contributed by atoms with Gasteiger partial charge in [0.2, 0.25) is 0 Å². The number of benzene rings is 2. The number of amides is 2. The van der Waals surface area contributed by atoms with Gasteiger partial charge in [0.1, 0.15) is 0 Å². The Hall–Kier alpha value is -3.16. The summed E-state index contributed by atoms with van der Waals surface area (Å²) in [5, 5.41) is 6.02. The van der Waals surface area contributed by atoms with E-state index in [1.807, 2.05) is 56.3 Å². The maximum atomic E-state index is 13.2. The summed E-state index contributed by atoms with van der Waals surface area (Å²) < 4.78 is 7.39. The van der Waals surface area contributed by atoms with E-state index in [0.717, 1.165) is 9.82 Å². The average molecular weight is 530 g/mol. The number of carbonyl (C=O) groups excluding carboxylic acids is 3. The minimum atomic E-state index is -0.913. The van der Waals surface area contributed by atoms with Crippen molar-refractivity contribution in [3.63, 3.8) is 0 Å². The van der Waals surface area contributed by atoms with Gasteiger partial charge in [-0.3, -0.25) is 0 Å². The van der Waals surface area contributed by atoms with E-state index in [-0.39, 0.29) is 32.6 Å². The summed E-state index contributed by atoms with van der Waals surface area (Å²) in [7, 11) is 1.26. The van der Waals surface area contributed by atoms with Crippen LogP contribution in [0.4, 0.5) is 0 Å². The molecule has 9 heteroatoms. The van der Waals surface area contributed by atoms with E-state index in [2.05, 4.69) is 10.6 Å². The van der Waals surface area contributed by atoms with Crippen LogP contribution in [-0.2, 0) is 25.5 Å². The molecule has 2 aromatic carbocycles. The van der Waals surface area contributed by atoms with Crippen LogP contribution >= 0.6 is 0 Å². The molecular weight excluding hydrogens is 501 g/mol. The van der Waals surface area contributed by atoms with Gasteiger partial charge in [0.15, 0.2) is 0 Å². The number of carbonyl (C=O) groups is 3. The molecule has 0 fully saturated rings. The van der Waals surface area contributed by atoms with Crippen molar-refractivity contribution in [1.82, 2.24) is 14.2 Å². The van der Waals surface area contributed by atoms with Crippen molar-refractivity contribution >= 4 is 42.2 Å². The van der Waals surface area contributed by atoms with Gasteiger partial charge in [-0.1, -0.05) is 6.07 Å². The normalized spacial score (nSPS) is 13.8. The standard InChI is InChI=1S/C25H29N3O5Se/c1-15(2)21(28-24(31)18-12-8-9-13-20(18)34-28)23(30)26-16(3)22(29)27-19(25(32)33-4)14-17-10-6-5-7-11-17/h5-13,15-16,19,21H,14H2,1-4H3,(H,26,30)(H,27,29)/t16-,19-,21-/m0/s1. The zero-order valence-corrected chi connectivity index (χ0v) is 21.3. The first-order chi connectivity index (χ1) is 16.2. The Bertz CT molecular complexity index is 1220. The molecule has 1 heterocycles. The summed E-state index contributed by atoms with van der Waals surface area (Å²) in [5.41, 5.74) is 0.694. The molecule has 0 bridgehead atoms. The average Bonchev–Trinajstić information content (AvgIpc) is 3.14. The van der Waals surface area contributed by atoms with Crippen molar-refractivity contribution in [2.75, 3.05) is 7.11 Å². The molecule has 2 N–H and O–H groups in total. The molecular formula is C25H29N3O5Se. The zero-order valence-electron chi connectivity index (χ0n) is 19.6. The second kappa shape index (κ2) is 11.3. The monoisotopic (exact) mass is 531 g/mol. The van der Waals surface area contributed by atoms with Gasteiger partial charge in [-0.05, 0) is 0 Å². The number of nitrogens with one attached hydrogen (secondary N) is 2. The molecule has 0 saturated heterocycles. The molecule has 34 heavy (non-hydrogen) atoms. The fraction of sp³-hybridized carbons (Fsp3) is 0.360. The summed E-state index contributed by atoms with van der Waals surface area (Å²) in [4.78, 5) is 51.2. The Kier molecular flexibility index (Phi) is 8.47. The molecule has 0 saturated carbocycles. The number of hydrogen-bond acceptors (Lipinski definition) is 5. The maximum absolute atomic E-state index is 13.2. The van der Waals surface area contributed by atoms with Crippen molar-refractivity contribution in [1.29, 1.82) is 0 Å². The van der Waals surface area contributed by atoms with Crippen LogP contribution in [0.1, 0.15) is 32.4 Å².